The normalized spacial score (nSPS) is 10.7. The fourth-order valence-electron chi connectivity index (χ4n) is 11.8. The fraction of sp³-hybridized carbons (Fsp3) is 0.0455. The summed E-state index contributed by atoms with van der Waals surface area (Å²) in [4.78, 5) is 6.34. The molecule has 0 bridgehead atoms. The number of hydrogen-bond acceptors (Lipinski definition) is 10. The van der Waals surface area contributed by atoms with Crippen molar-refractivity contribution in [3.05, 3.63) is 370 Å². The quantitative estimate of drug-likeness (QED) is 0.0844. The van der Waals surface area contributed by atoms with Crippen LogP contribution in [0.15, 0.2) is 243 Å². The molecule has 0 saturated heterocycles. The van der Waals surface area contributed by atoms with Gasteiger partial charge in [0.2, 0.25) is 5.69 Å². The first-order chi connectivity index (χ1) is 56.7. The number of benzene rings is 12. The summed E-state index contributed by atoms with van der Waals surface area (Å²) in [7, 11) is 0. The molecule has 0 N–H and O–H groups in total. The van der Waals surface area contributed by atoms with Crippen LogP contribution in [0.5, 0.6) is 0 Å². The number of aromatic nitrogens is 12. The molecular weight excluding hydrogens is 2320 g/mol. The Kier molecular flexibility index (Phi) is 30.6. The number of para-hydroxylation sites is 4. The first-order valence-electron chi connectivity index (χ1n) is 34.5. The Labute approximate surface area is 739 Å². The predicted octanol–water partition coefficient (Wildman–Crippen LogP) is 22.2. The van der Waals surface area contributed by atoms with Crippen molar-refractivity contribution in [2.45, 2.75) is 26.2 Å². The summed E-state index contributed by atoms with van der Waals surface area (Å²) in [5.74, 6) is -5.11. The summed E-state index contributed by atoms with van der Waals surface area (Å²) in [6.45, 7) is 17.4. The van der Waals surface area contributed by atoms with Crippen LogP contribution >= 0.6 is 0 Å². The van der Waals surface area contributed by atoms with Crippen molar-refractivity contribution in [3.8, 4) is 126 Å². The van der Waals surface area contributed by atoms with Crippen LogP contribution in [0.1, 0.15) is 33.4 Å². The molecule has 16 rings (SSSR count). The van der Waals surface area contributed by atoms with Gasteiger partial charge in [0.1, 0.15) is 23.3 Å². The molecule has 0 saturated carbocycles. The molecule has 616 valence electrons. The number of nitrogens with zero attached hydrogens (tertiary/aromatic N) is 16. The maximum atomic E-state index is 14.7. The summed E-state index contributed by atoms with van der Waals surface area (Å²) in [6.07, 6.45) is -9.55. The molecule has 0 aliphatic carbocycles. The van der Waals surface area contributed by atoms with Gasteiger partial charge in [-0.3, -0.25) is 8.78 Å². The molecule has 4 aromatic heterocycles. The van der Waals surface area contributed by atoms with E-state index in [4.69, 9.17) is 23.7 Å². The van der Waals surface area contributed by atoms with Gasteiger partial charge in [0.25, 0.3) is 0 Å². The Morgan fingerprint density at radius 3 is 1.19 bits per heavy atom. The van der Waals surface area contributed by atoms with E-state index >= 15 is 0 Å². The van der Waals surface area contributed by atoms with Gasteiger partial charge in [0, 0.05) is 143 Å². The minimum absolute atomic E-state index is 0. The van der Waals surface area contributed by atoms with Crippen LogP contribution in [-0.4, -0.2) is 59.1 Å². The van der Waals surface area contributed by atoms with E-state index in [1.54, 1.807) is 146 Å². The number of halogens is 14. The van der Waals surface area contributed by atoms with E-state index in [0.29, 0.717) is 80.7 Å². The second-order valence-electron chi connectivity index (χ2n) is 25.2. The molecule has 0 amide bonds. The predicted molar refractivity (Wildman–Crippen MR) is 405 cm³/mol. The summed E-state index contributed by atoms with van der Waals surface area (Å²) in [6, 6.07) is 73.5. The Bertz CT molecular complexity index is 6480. The standard InChI is InChI=1S/2C22H13F5N3.2C22H10F2N5.4Ir/c1-13-7-9-16(18(23)11-13)20-28-29-21(30(20)15-5-3-2-4-6-15)17-10-8-14(12-19(17)24)22(25,26)27;1-13-7-8-14(11-18(13)23)20-28-29-21(30(20)16-5-3-2-4-6-16)15-9-10-17(19(24)12-15)22(25,26)27;1-26-15-8-10-18(20(24)12-15)22-28-27-21(29(22)16-5-3-2-4-6-16)17-9-7-14(13-25)11-19(17)23;1-26-20-10-9-15(12-19(20)24)22-28-27-21(29(22)17-5-3-2-4-6-17)14-7-8-16(13-25)18(23)11-14;;;;/h2-9,11-12H,1H3;2-8,10-12H,1H3;2-8,10-12H;2-6,8-12H;;;;/q4*-1;;;;. The third-order valence-electron chi connectivity index (χ3n) is 17.6. The van der Waals surface area contributed by atoms with Crippen molar-refractivity contribution in [1.29, 1.82) is 10.5 Å². The van der Waals surface area contributed by atoms with Crippen LogP contribution in [0.4, 0.5) is 72.8 Å². The summed E-state index contributed by atoms with van der Waals surface area (Å²) in [5.41, 5.74) is 1.97. The van der Waals surface area contributed by atoms with Crippen LogP contribution in [0, 0.1) is 120 Å². The van der Waals surface area contributed by atoms with Gasteiger partial charge in [0.15, 0.2) is 29.0 Å². The van der Waals surface area contributed by atoms with Crippen LogP contribution in [0.25, 0.3) is 124 Å². The van der Waals surface area contributed by atoms with Gasteiger partial charge in [-0.2, -0.15) is 46.7 Å². The molecule has 0 aliphatic heterocycles. The maximum absolute atomic E-state index is 14.7. The Morgan fingerprint density at radius 1 is 0.352 bits per heavy atom. The number of alkyl halides is 6. The van der Waals surface area contributed by atoms with Gasteiger partial charge < -0.3 is 18.3 Å². The van der Waals surface area contributed by atoms with Crippen LogP contribution < -0.4 is 0 Å². The molecule has 0 atom stereocenters. The molecule has 34 heteroatoms. The number of rotatable bonds is 12. The molecule has 0 aliphatic rings. The molecule has 0 fully saturated rings. The van der Waals surface area contributed by atoms with E-state index in [-0.39, 0.29) is 172 Å². The van der Waals surface area contributed by atoms with Crippen LogP contribution in [0.3, 0.4) is 0 Å². The Hall–Kier alpha value is -13.2. The first kappa shape index (κ1) is 92.7. The Balaban J connectivity index is 0.000000183. The van der Waals surface area contributed by atoms with Crippen molar-refractivity contribution in [3.63, 3.8) is 0 Å². The molecule has 12 aromatic carbocycles. The molecule has 0 spiro atoms. The summed E-state index contributed by atoms with van der Waals surface area (Å²) < 4.78 is 199. The van der Waals surface area contributed by atoms with Crippen LogP contribution in [-0.2, 0) is 92.8 Å². The fourth-order valence-corrected chi connectivity index (χ4v) is 11.8. The van der Waals surface area contributed by atoms with Crippen molar-refractivity contribution in [1.82, 2.24) is 59.1 Å². The zero-order valence-corrected chi connectivity index (χ0v) is 71.5. The zero-order chi connectivity index (χ0) is 83.7. The minimum atomic E-state index is -4.84. The molecule has 16 aromatic rings. The van der Waals surface area contributed by atoms with E-state index in [2.05, 4.69) is 74.7 Å². The second-order valence-corrected chi connectivity index (χ2v) is 25.2. The van der Waals surface area contributed by atoms with Crippen molar-refractivity contribution in [2.75, 3.05) is 0 Å². The molecule has 122 heavy (non-hydrogen) atoms. The Morgan fingerprint density at radius 2 is 0.779 bits per heavy atom. The van der Waals surface area contributed by atoms with E-state index in [0.717, 1.165) is 18.2 Å². The average molecular weight is 2360 g/mol. The van der Waals surface area contributed by atoms with E-state index in [9.17, 15) is 61.5 Å². The van der Waals surface area contributed by atoms with Gasteiger partial charge in [-0.25, -0.2) is 46.6 Å². The number of nitriles is 2. The first-order valence-corrected chi connectivity index (χ1v) is 34.5. The van der Waals surface area contributed by atoms with E-state index in [1.807, 2.05) is 30.3 Å². The van der Waals surface area contributed by atoms with E-state index in [1.165, 1.54) is 68.3 Å². The van der Waals surface area contributed by atoms with Gasteiger partial charge in [-0.05, 0) is 115 Å². The summed E-state index contributed by atoms with van der Waals surface area (Å²) >= 11 is 0. The SMILES string of the molecule is Cc1ccc(-c2nnc(-c3[c-]cc(C(F)(F)F)c(F)c3)n2-c2ccccc2)cc1F.Cc1ccc(-c2nnc(-c3[c-]cc(C(F)(F)F)cc3F)n2-c2ccccc2)c(F)c1.[C-]#[N+]c1ccc(-c2nnc(-c3[c-]cc(C#N)c(F)c3)n2-c2ccccc2)cc1F.[C-]#[N+]c1ccc(-c2nnc(-c3[c-]cc(C#N)cc3F)n2-c2ccccc2)c(F)c1.[Ir].[Ir].[Ir].[Ir]. The van der Waals surface area contributed by atoms with E-state index < -0.39 is 70.0 Å². The third-order valence-corrected chi connectivity index (χ3v) is 17.6. The van der Waals surface area contributed by atoms with Crippen LogP contribution in [0.2, 0.25) is 0 Å². The van der Waals surface area contributed by atoms with Gasteiger partial charge in [-0.15, -0.1) is 92.2 Å². The van der Waals surface area contributed by atoms with Crippen molar-refractivity contribution < 1.29 is 142 Å². The van der Waals surface area contributed by atoms with Gasteiger partial charge >= 0.3 is 12.4 Å². The molecule has 4 heterocycles. The number of hydrogen-bond donors (Lipinski definition) is 0. The minimum Gasteiger partial charge on any atom is -0.316 e. The smallest absolute Gasteiger partial charge is 0.316 e. The topological polar surface area (TPSA) is 179 Å². The third kappa shape index (κ3) is 20.3. The second kappa shape index (κ2) is 40.2. The maximum Gasteiger partial charge on any atom is 0.384 e. The van der Waals surface area contributed by atoms with Crippen molar-refractivity contribution in [2.24, 2.45) is 0 Å². The molecular formula is C88H46F14Ir4N16-4. The number of aryl methyl sites for hydroxylation is 2. The van der Waals surface area contributed by atoms with Gasteiger partial charge in [-0.1, -0.05) is 139 Å². The average Bonchev–Trinajstić information content (AvgIpc) is 1.62. The van der Waals surface area contributed by atoms with Gasteiger partial charge in [0.05, 0.1) is 65.3 Å². The monoisotopic (exact) mass is 2360 g/mol. The van der Waals surface area contributed by atoms with Crippen molar-refractivity contribution >= 4 is 11.4 Å². The molecule has 16 nitrogen and oxygen atoms in total. The summed E-state index contributed by atoms with van der Waals surface area (Å²) in [5, 5.41) is 50.4. The molecule has 4 radical (unpaired) electrons. The largest absolute Gasteiger partial charge is 0.384 e. The zero-order valence-electron chi connectivity index (χ0n) is 61.9. The molecule has 0 unspecified atom stereocenters.